The maximum atomic E-state index is 10.9. The van der Waals surface area contributed by atoms with E-state index in [2.05, 4.69) is 5.32 Å². The molecule has 2 rings (SSSR count). The monoisotopic (exact) mass is 179 g/mol. The summed E-state index contributed by atoms with van der Waals surface area (Å²) in [6, 6.07) is 4.90. The standard InChI is InChI=1S/C9H9NO3/c11-8-4-5-1-2-6(9(12)13)3-7(5)10-8/h1-3,9,12-13H,4H2,(H,10,11). The van der Waals surface area contributed by atoms with Gasteiger partial charge in [0.15, 0.2) is 6.29 Å². The molecule has 3 N–H and O–H groups in total. The Bertz CT molecular complexity index is 360. The van der Waals surface area contributed by atoms with E-state index in [1.165, 1.54) is 0 Å². The van der Waals surface area contributed by atoms with E-state index in [1.807, 2.05) is 0 Å². The number of carbonyl (C=O) groups excluding carboxylic acids is 1. The molecule has 1 aromatic carbocycles. The van der Waals surface area contributed by atoms with Gasteiger partial charge in [0.25, 0.3) is 0 Å². The summed E-state index contributed by atoms with van der Waals surface area (Å²) in [5.74, 6) is -0.0559. The largest absolute Gasteiger partial charge is 0.364 e. The molecule has 0 bridgehead atoms. The molecule has 0 saturated heterocycles. The third-order valence-corrected chi connectivity index (χ3v) is 2.06. The summed E-state index contributed by atoms with van der Waals surface area (Å²) in [6.45, 7) is 0. The molecule has 1 aromatic rings. The Morgan fingerprint density at radius 3 is 2.85 bits per heavy atom. The van der Waals surface area contributed by atoms with Gasteiger partial charge in [-0.1, -0.05) is 12.1 Å². The van der Waals surface area contributed by atoms with E-state index in [9.17, 15) is 4.79 Å². The fraction of sp³-hybridized carbons (Fsp3) is 0.222. The van der Waals surface area contributed by atoms with Crippen molar-refractivity contribution in [2.45, 2.75) is 12.7 Å². The third-order valence-electron chi connectivity index (χ3n) is 2.06. The minimum absolute atomic E-state index is 0.0559. The van der Waals surface area contributed by atoms with E-state index in [0.29, 0.717) is 17.7 Å². The van der Waals surface area contributed by atoms with E-state index >= 15 is 0 Å². The van der Waals surface area contributed by atoms with Crippen molar-refractivity contribution in [2.24, 2.45) is 0 Å². The highest BCUT2D eigenvalue weighted by atomic mass is 16.5. The molecule has 0 spiro atoms. The van der Waals surface area contributed by atoms with Gasteiger partial charge in [0, 0.05) is 11.3 Å². The number of nitrogens with one attached hydrogen (secondary N) is 1. The molecule has 1 heterocycles. The number of hydrogen-bond donors (Lipinski definition) is 3. The molecule has 4 heteroatoms. The van der Waals surface area contributed by atoms with Crippen molar-refractivity contribution in [3.63, 3.8) is 0 Å². The first-order valence-electron chi connectivity index (χ1n) is 3.95. The summed E-state index contributed by atoms with van der Waals surface area (Å²) in [5.41, 5.74) is 1.96. The maximum Gasteiger partial charge on any atom is 0.228 e. The van der Waals surface area contributed by atoms with Crippen molar-refractivity contribution in [1.29, 1.82) is 0 Å². The van der Waals surface area contributed by atoms with E-state index in [-0.39, 0.29) is 5.91 Å². The summed E-state index contributed by atoms with van der Waals surface area (Å²) in [5, 5.41) is 20.4. The minimum Gasteiger partial charge on any atom is -0.364 e. The Morgan fingerprint density at radius 1 is 1.38 bits per heavy atom. The van der Waals surface area contributed by atoms with Gasteiger partial charge < -0.3 is 15.5 Å². The number of fused-ring (bicyclic) bond motifs is 1. The molecule has 0 unspecified atom stereocenters. The molecule has 0 radical (unpaired) electrons. The van der Waals surface area contributed by atoms with Gasteiger partial charge >= 0.3 is 0 Å². The summed E-state index contributed by atoms with van der Waals surface area (Å²) < 4.78 is 0. The lowest BCUT2D eigenvalue weighted by atomic mass is 10.1. The predicted octanol–water partition coefficient (Wildman–Crippen LogP) is 0.164. The van der Waals surface area contributed by atoms with Crippen molar-refractivity contribution in [3.8, 4) is 0 Å². The molecule has 1 amide bonds. The van der Waals surface area contributed by atoms with Crippen LogP contribution in [-0.2, 0) is 11.2 Å². The molecule has 0 aliphatic carbocycles. The van der Waals surface area contributed by atoms with Crippen molar-refractivity contribution in [1.82, 2.24) is 0 Å². The third kappa shape index (κ3) is 1.41. The zero-order valence-corrected chi connectivity index (χ0v) is 6.82. The molecule has 0 fully saturated rings. The average Bonchev–Trinajstić information content (AvgIpc) is 2.42. The van der Waals surface area contributed by atoms with Crippen LogP contribution in [0, 0.1) is 0 Å². The van der Waals surface area contributed by atoms with Gasteiger partial charge in [0.1, 0.15) is 0 Å². The number of carbonyl (C=O) groups is 1. The van der Waals surface area contributed by atoms with Crippen LogP contribution in [0.3, 0.4) is 0 Å². The van der Waals surface area contributed by atoms with E-state index in [1.54, 1.807) is 18.2 Å². The van der Waals surface area contributed by atoms with Gasteiger partial charge in [-0.2, -0.15) is 0 Å². The second kappa shape index (κ2) is 2.83. The number of benzene rings is 1. The quantitative estimate of drug-likeness (QED) is 0.538. The van der Waals surface area contributed by atoms with Crippen molar-refractivity contribution in [2.75, 3.05) is 5.32 Å². The molecule has 1 aliphatic rings. The van der Waals surface area contributed by atoms with Gasteiger partial charge in [0.2, 0.25) is 5.91 Å². The van der Waals surface area contributed by atoms with Crippen molar-refractivity contribution in [3.05, 3.63) is 29.3 Å². The Balaban J connectivity index is 2.40. The summed E-state index contributed by atoms with van der Waals surface area (Å²) in [6.07, 6.45) is -1.11. The van der Waals surface area contributed by atoms with Gasteiger partial charge in [-0.15, -0.1) is 0 Å². The first-order chi connectivity index (χ1) is 6.16. The lowest BCUT2D eigenvalue weighted by molar-refractivity contribution is -0.115. The molecule has 0 atom stereocenters. The fourth-order valence-corrected chi connectivity index (χ4v) is 1.39. The fourth-order valence-electron chi connectivity index (χ4n) is 1.39. The second-order valence-corrected chi connectivity index (χ2v) is 3.02. The first kappa shape index (κ1) is 8.22. The Hall–Kier alpha value is -1.39. The molecule has 0 aromatic heterocycles. The van der Waals surface area contributed by atoms with Gasteiger partial charge in [0.05, 0.1) is 6.42 Å². The van der Waals surface area contributed by atoms with Crippen molar-refractivity contribution >= 4 is 11.6 Å². The van der Waals surface area contributed by atoms with Crippen LogP contribution in [0.4, 0.5) is 5.69 Å². The van der Waals surface area contributed by atoms with Crippen LogP contribution >= 0.6 is 0 Å². The average molecular weight is 179 g/mol. The SMILES string of the molecule is O=C1Cc2ccc(C(O)O)cc2N1. The lowest BCUT2D eigenvalue weighted by Crippen LogP contribution is -2.03. The van der Waals surface area contributed by atoms with Gasteiger partial charge in [-0.3, -0.25) is 4.79 Å². The molecule has 1 aliphatic heterocycles. The molecular weight excluding hydrogens is 170 g/mol. The van der Waals surface area contributed by atoms with Crippen LogP contribution in [-0.4, -0.2) is 16.1 Å². The Kier molecular flexibility index (Phi) is 1.79. The molecule has 68 valence electrons. The van der Waals surface area contributed by atoms with Crippen LogP contribution in [0.2, 0.25) is 0 Å². The number of amides is 1. The zero-order chi connectivity index (χ0) is 9.42. The number of aliphatic hydroxyl groups excluding tert-OH is 1. The topological polar surface area (TPSA) is 69.6 Å². The van der Waals surface area contributed by atoms with Crippen LogP contribution < -0.4 is 5.32 Å². The highest BCUT2D eigenvalue weighted by Crippen LogP contribution is 2.25. The molecular formula is C9H9NO3. The highest BCUT2D eigenvalue weighted by molar-refractivity contribution is 5.99. The van der Waals surface area contributed by atoms with Crippen LogP contribution in [0.1, 0.15) is 17.4 Å². The number of anilines is 1. The van der Waals surface area contributed by atoms with Crippen molar-refractivity contribution < 1.29 is 15.0 Å². The van der Waals surface area contributed by atoms with E-state index in [0.717, 1.165) is 5.56 Å². The normalized spacial score (nSPS) is 14.5. The van der Waals surface area contributed by atoms with Gasteiger partial charge in [-0.25, -0.2) is 0 Å². The maximum absolute atomic E-state index is 10.9. The smallest absolute Gasteiger partial charge is 0.228 e. The number of rotatable bonds is 1. The zero-order valence-electron chi connectivity index (χ0n) is 6.82. The first-order valence-corrected chi connectivity index (χ1v) is 3.95. The lowest BCUT2D eigenvalue weighted by Gasteiger charge is -2.05. The summed E-state index contributed by atoms with van der Waals surface area (Å²) in [7, 11) is 0. The molecule has 13 heavy (non-hydrogen) atoms. The van der Waals surface area contributed by atoms with Crippen LogP contribution in [0.25, 0.3) is 0 Å². The highest BCUT2D eigenvalue weighted by Gasteiger charge is 2.18. The number of aliphatic hydroxyl groups is 2. The Morgan fingerprint density at radius 2 is 2.15 bits per heavy atom. The molecule has 4 nitrogen and oxygen atoms in total. The van der Waals surface area contributed by atoms with Crippen LogP contribution in [0.15, 0.2) is 18.2 Å². The molecule has 0 saturated carbocycles. The van der Waals surface area contributed by atoms with E-state index in [4.69, 9.17) is 10.2 Å². The Labute approximate surface area is 74.8 Å². The number of hydrogen-bond acceptors (Lipinski definition) is 3. The summed E-state index contributed by atoms with van der Waals surface area (Å²) in [4.78, 5) is 10.9. The van der Waals surface area contributed by atoms with Gasteiger partial charge in [-0.05, 0) is 11.6 Å². The second-order valence-electron chi connectivity index (χ2n) is 3.02. The minimum atomic E-state index is -1.48. The predicted molar refractivity (Wildman–Crippen MR) is 46.0 cm³/mol. The van der Waals surface area contributed by atoms with Crippen LogP contribution in [0.5, 0.6) is 0 Å². The van der Waals surface area contributed by atoms with E-state index < -0.39 is 6.29 Å². The summed E-state index contributed by atoms with van der Waals surface area (Å²) >= 11 is 0.